The fourth-order valence-electron chi connectivity index (χ4n) is 3.88. The average Bonchev–Trinajstić information content (AvgIpc) is 3.16. The normalized spacial score (nSPS) is 19.5. The molecule has 0 spiro atoms. The maximum atomic E-state index is 12.6. The molecule has 0 bridgehead atoms. The van der Waals surface area contributed by atoms with E-state index in [-0.39, 0.29) is 11.9 Å². The lowest BCUT2D eigenvalue weighted by atomic mass is 9.87. The van der Waals surface area contributed by atoms with Gasteiger partial charge in [-0.1, -0.05) is 6.07 Å². The molecule has 1 fully saturated rings. The first kappa shape index (κ1) is 15.9. The van der Waals surface area contributed by atoms with E-state index in [2.05, 4.69) is 15.2 Å². The van der Waals surface area contributed by atoms with Gasteiger partial charge >= 0.3 is 0 Å². The molecule has 1 aliphatic carbocycles. The Morgan fingerprint density at radius 3 is 2.76 bits per heavy atom. The van der Waals surface area contributed by atoms with Gasteiger partial charge in [-0.05, 0) is 67.5 Å². The Kier molecular flexibility index (Phi) is 4.30. The highest BCUT2D eigenvalue weighted by atomic mass is 16.1. The SMILES string of the molecule is Nc1ccc2c(c1)CCCC2NC(=O)c1ccc(N2CCCC2)nc1. The molecular formula is C20H24N4O. The number of aromatic nitrogens is 1. The number of benzene rings is 1. The standard InChI is InChI=1S/C20H24N4O/c21-16-7-8-17-14(12-16)4-3-5-18(17)23-20(25)15-6-9-19(22-13-15)24-10-1-2-11-24/h6-9,12-13,18H,1-5,10-11,21H2,(H,23,25). The molecule has 5 heteroatoms. The number of aryl methyl sites for hydroxylation is 1. The van der Waals surface area contributed by atoms with Gasteiger partial charge in [-0.3, -0.25) is 4.79 Å². The molecule has 2 aromatic rings. The van der Waals surface area contributed by atoms with E-state index in [1.807, 2.05) is 30.3 Å². The number of pyridine rings is 1. The summed E-state index contributed by atoms with van der Waals surface area (Å²) in [4.78, 5) is 19.4. The van der Waals surface area contributed by atoms with Gasteiger partial charge in [0.25, 0.3) is 5.91 Å². The number of anilines is 2. The minimum atomic E-state index is -0.0600. The van der Waals surface area contributed by atoms with Crippen LogP contribution in [-0.4, -0.2) is 24.0 Å². The van der Waals surface area contributed by atoms with Crippen LogP contribution in [0, 0.1) is 0 Å². The summed E-state index contributed by atoms with van der Waals surface area (Å²) in [5, 5.41) is 3.17. The third-order valence-corrected chi connectivity index (χ3v) is 5.23. The van der Waals surface area contributed by atoms with Crippen LogP contribution in [0.25, 0.3) is 0 Å². The summed E-state index contributed by atoms with van der Waals surface area (Å²) in [7, 11) is 0. The Morgan fingerprint density at radius 2 is 2.00 bits per heavy atom. The lowest BCUT2D eigenvalue weighted by Gasteiger charge is -2.26. The number of carbonyl (C=O) groups is 1. The van der Waals surface area contributed by atoms with Crippen molar-refractivity contribution in [1.82, 2.24) is 10.3 Å². The predicted molar refractivity (Wildman–Crippen MR) is 99.7 cm³/mol. The van der Waals surface area contributed by atoms with Gasteiger partial charge in [-0.2, -0.15) is 0 Å². The number of amides is 1. The molecule has 1 amide bonds. The van der Waals surface area contributed by atoms with Crippen LogP contribution in [0.1, 0.15) is 53.2 Å². The monoisotopic (exact) mass is 336 g/mol. The van der Waals surface area contributed by atoms with Crippen molar-refractivity contribution in [3.05, 3.63) is 53.2 Å². The molecule has 3 N–H and O–H groups in total. The van der Waals surface area contributed by atoms with Crippen molar-refractivity contribution in [2.75, 3.05) is 23.7 Å². The van der Waals surface area contributed by atoms with Gasteiger partial charge in [-0.15, -0.1) is 0 Å². The maximum Gasteiger partial charge on any atom is 0.253 e. The minimum Gasteiger partial charge on any atom is -0.399 e. The second-order valence-electron chi connectivity index (χ2n) is 6.98. The Morgan fingerprint density at radius 1 is 1.16 bits per heavy atom. The van der Waals surface area contributed by atoms with Crippen molar-refractivity contribution in [3.63, 3.8) is 0 Å². The van der Waals surface area contributed by atoms with Crippen molar-refractivity contribution in [1.29, 1.82) is 0 Å². The number of fused-ring (bicyclic) bond motifs is 1. The summed E-state index contributed by atoms with van der Waals surface area (Å²) in [6.45, 7) is 2.11. The van der Waals surface area contributed by atoms with E-state index in [1.165, 1.54) is 24.0 Å². The molecule has 5 nitrogen and oxygen atoms in total. The number of rotatable bonds is 3. The molecule has 1 atom stereocenters. The number of nitrogens with one attached hydrogen (secondary N) is 1. The number of nitrogen functional groups attached to an aromatic ring is 1. The van der Waals surface area contributed by atoms with E-state index in [1.54, 1.807) is 6.20 Å². The van der Waals surface area contributed by atoms with Crippen LogP contribution in [0.3, 0.4) is 0 Å². The summed E-state index contributed by atoms with van der Waals surface area (Å²) in [5.74, 6) is 0.905. The summed E-state index contributed by atoms with van der Waals surface area (Å²) in [5.41, 5.74) is 9.73. The third kappa shape index (κ3) is 3.31. The number of nitrogens with zero attached hydrogens (tertiary/aromatic N) is 2. The van der Waals surface area contributed by atoms with Crippen molar-refractivity contribution < 1.29 is 4.79 Å². The Hall–Kier alpha value is -2.56. The topological polar surface area (TPSA) is 71.2 Å². The van der Waals surface area contributed by atoms with Crippen molar-refractivity contribution in [2.45, 2.75) is 38.1 Å². The molecule has 1 aromatic carbocycles. The largest absolute Gasteiger partial charge is 0.399 e. The van der Waals surface area contributed by atoms with Crippen LogP contribution in [0.15, 0.2) is 36.5 Å². The molecule has 4 rings (SSSR count). The summed E-state index contributed by atoms with van der Waals surface area (Å²) in [6.07, 6.45) is 7.18. The van der Waals surface area contributed by atoms with E-state index < -0.39 is 0 Å². The van der Waals surface area contributed by atoms with Crippen molar-refractivity contribution in [3.8, 4) is 0 Å². The average molecular weight is 336 g/mol. The van der Waals surface area contributed by atoms with Crippen LogP contribution in [-0.2, 0) is 6.42 Å². The highest BCUT2D eigenvalue weighted by Crippen LogP contribution is 2.31. The highest BCUT2D eigenvalue weighted by molar-refractivity contribution is 5.94. The first-order valence-corrected chi connectivity index (χ1v) is 9.11. The fraction of sp³-hybridized carbons (Fsp3) is 0.400. The molecule has 1 aromatic heterocycles. The predicted octanol–water partition coefficient (Wildman–Crippen LogP) is 3.07. The van der Waals surface area contributed by atoms with Gasteiger partial charge in [0, 0.05) is 25.0 Å². The molecule has 2 heterocycles. The van der Waals surface area contributed by atoms with Gasteiger partial charge < -0.3 is 16.0 Å². The highest BCUT2D eigenvalue weighted by Gasteiger charge is 2.22. The summed E-state index contributed by atoms with van der Waals surface area (Å²) < 4.78 is 0. The second-order valence-corrected chi connectivity index (χ2v) is 6.98. The Labute approximate surface area is 148 Å². The van der Waals surface area contributed by atoms with E-state index in [9.17, 15) is 4.79 Å². The molecule has 25 heavy (non-hydrogen) atoms. The van der Waals surface area contributed by atoms with Crippen LogP contribution in [0.5, 0.6) is 0 Å². The van der Waals surface area contributed by atoms with Gasteiger partial charge in [0.2, 0.25) is 0 Å². The Bertz CT molecular complexity index is 766. The van der Waals surface area contributed by atoms with Crippen LogP contribution >= 0.6 is 0 Å². The van der Waals surface area contributed by atoms with E-state index in [4.69, 9.17) is 5.73 Å². The summed E-state index contributed by atoms with van der Waals surface area (Å²) in [6, 6.07) is 9.87. The van der Waals surface area contributed by atoms with Gasteiger partial charge in [0.1, 0.15) is 5.82 Å². The number of hydrogen-bond acceptors (Lipinski definition) is 4. The zero-order chi connectivity index (χ0) is 17.2. The van der Waals surface area contributed by atoms with Crippen LogP contribution in [0.2, 0.25) is 0 Å². The van der Waals surface area contributed by atoms with Gasteiger partial charge in [0.05, 0.1) is 11.6 Å². The minimum absolute atomic E-state index is 0.0510. The quantitative estimate of drug-likeness (QED) is 0.845. The lowest BCUT2D eigenvalue weighted by Crippen LogP contribution is -2.31. The van der Waals surface area contributed by atoms with Crippen molar-refractivity contribution in [2.24, 2.45) is 0 Å². The number of carbonyl (C=O) groups excluding carboxylic acids is 1. The molecule has 0 saturated carbocycles. The molecule has 1 aliphatic heterocycles. The molecule has 1 saturated heterocycles. The number of nitrogens with two attached hydrogens (primary N) is 1. The van der Waals surface area contributed by atoms with E-state index in [0.29, 0.717) is 5.56 Å². The first-order chi connectivity index (χ1) is 12.2. The maximum absolute atomic E-state index is 12.6. The van der Waals surface area contributed by atoms with Gasteiger partial charge in [-0.25, -0.2) is 4.98 Å². The molecule has 130 valence electrons. The lowest BCUT2D eigenvalue weighted by molar-refractivity contribution is 0.0932. The fourth-order valence-corrected chi connectivity index (χ4v) is 3.88. The van der Waals surface area contributed by atoms with E-state index >= 15 is 0 Å². The second kappa shape index (κ2) is 6.75. The zero-order valence-electron chi connectivity index (χ0n) is 14.4. The number of hydrogen-bond donors (Lipinski definition) is 2. The van der Waals surface area contributed by atoms with Gasteiger partial charge in [0.15, 0.2) is 0 Å². The van der Waals surface area contributed by atoms with Crippen LogP contribution < -0.4 is 16.0 Å². The van der Waals surface area contributed by atoms with Crippen LogP contribution in [0.4, 0.5) is 11.5 Å². The Balaban J connectivity index is 1.47. The molecule has 1 unspecified atom stereocenters. The molecule has 2 aliphatic rings. The van der Waals surface area contributed by atoms with Crippen molar-refractivity contribution >= 4 is 17.4 Å². The third-order valence-electron chi connectivity index (χ3n) is 5.23. The zero-order valence-corrected chi connectivity index (χ0v) is 14.4. The van der Waals surface area contributed by atoms with E-state index in [0.717, 1.165) is 43.9 Å². The molecule has 0 radical (unpaired) electrons. The summed E-state index contributed by atoms with van der Waals surface area (Å²) >= 11 is 0. The molecular weight excluding hydrogens is 312 g/mol. The first-order valence-electron chi connectivity index (χ1n) is 9.11. The smallest absolute Gasteiger partial charge is 0.253 e.